The highest BCUT2D eigenvalue weighted by Gasteiger charge is 2.29. The highest BCUT2D eigenvalue weighted by molar-refractivity contribution is 5.81. The lowest BCUT2D eigenvalue weighted by molar-refractivity contribution is 0.163. The number of hydrogen-bond donors (Lipinski definition) is 1. The fourth-order valence-corrected chi connectivity index (χ4v) is 4.73. The maximum absolute atomic E-state index is 13.1. The van der Waals surface area contributed by atoms with Gasteiger partial charge in [-0.2, -0.15) is 0 Å². The Bertz CT molecular complexity index is 1360. The summed E-state index contributed by atoms with van der Waals surface area (Å²) in [6, 6.07) is 16.7. The van der Waals surface area contributed by atoms with E-state index in [0.29, 0.717) is 6.54 Å². The Morgan fingerprint density at radius 2 is 1.86 bits per heavy atom. The molecule has 4 aromatic rings. The summed E-state index contributed by atoms with van der Waals surface area (Å²) >= 11 is 0. The SMILES string of the molecule is CCC(c1nnnn1C(C)(C)C)N(CCc1cccc(C)c1)Cc1cc2cccc(C)c2[nH]c1=O. The minimum absolute atomic E-state index is 0.0263. The zero-order chi connectivity index (χ0) is 25.2. The summed E-state index contributed by atoms with van der Waals surface area (Å²) in [5.74, 6) is 0.831. The first-order valence-electron chi connectivity index (χ1n) is 12.4. The van der Waals surface area contributed by atoms with Crippen LogP contribution < -0.4 is 5.56 Å². The van der Waals surface area contributed by atoms with Crippen LogP contribution in [-0.4, -0.2) is 36.6 Å². The summed E-state index contributed by atoms with van der Waals surface area (Å²) < 4.78 is 1.91. The van der Waals surface area contributed by atoms with Crippen LogP contribution >= 0.6 is 0 Å². The number of nitrogens with one attached hydrogen (secondary N) is 1. The highest BCUT2D eigenvalue weighted by atomic mass is 16.1. The molecule has 0 fully saturated rings. The molecule has 1 unspecified atom stereocenters. The zero-order valence-corrected chi connectivity index (χ0v) is 21.7. The number of aromatic amines is 1. The molecule has 0 saturated heterocycles. The van der Waals surface area contributed by atoms with E-state index in [4.69, 9.17) is 0 Å². The fourth-order valence-electron chi connectivity index (χ4n) is 4.73. The topological polar surface area (TPSA) is 79.7 Å². The van der Waals surface area contributed by atoms with Gasteiger partial charge in [-0.05, 0) is 80.5 Å². The van der Waals surface area contributed by atoms with Gasteiger partial charge in [0.05, 0.1) is 17.1 Å². The Kier molecular flexibility index (Phi) is 7.17. The van der Waals surface area contributed by atoms with Crippen molar-refractivity contribution in [1.29, 1.82) is 0 Å². The molecule has 7 nitrogen and oxygen atoms in total. The van der Waals surface area contributed by atoms with Gasteiger partial charge in [0.2, 0.25) is 0 Å². The molecule has 2 aromatic carbocycles. The van der Waals surface area contributed by atoms with Gasteiger partial charge in [0.25, 0.3) is 5.56 Å². The summed E-state index contributed by atoms with van der Waals surface area (Å²) in [6.07, 6.45) is 1.70. The Balaban J connectivity index is 1.72. The normalized spacial score (nSPS) is 13.0. The molecular weight excluding hydrogens is 436 g/mol. The second kappa shape index (κ2) is 10.1. The second-order valence-electron chi connectivity index (χ2n) is 10.4. The van der Waals surface area contributed by atoms with Crippen molar-refractivity contribution < 1.29 is 0 Å². The van der Waals surface area contributed by atoms with E-state index in [1.165, 1.54) is 11.1 Å². The number of H-pyrrole nitrogens is 1. The Hall–Kier alpha value is -3.32. The van der Waals surface area contributed by atoms with Gasteiger partial charge < -0.3 is 4.98 Å². The molecular formula is C28H36N6O. The smallest absolute Gasteiger partial charge is 0.252 e. The molecule has 0 aliphatic rings. The molecule has 0 saturated carbocycles. The van der Waals surface area contributed by atoms with Crippen molar-refractivity contribution >= 4 is 10.9 Å². The number of aromatic nitrogens is 5. The van der Waals surface area contributed by atoms with Crippen molar-refractivity contribution in [3.63, 3.8) is 0 Å². The molecule has 2 aromatic heterocycles. The molecule has 0 amide bonds. The largest absolute Gasteiger partial charge is 0.321 e. The van der Waals surface area contributed by atoms with Crippen molar-refractivity contribution in [2.75, 3.05) is 6.54 Å². The monoisotopic (exact) mass is 472 g/mol. The van der Waals surface area contributed by atoms with Crippen LogP contribution in [0.1, 0.15) is 68.2 Å². The number of tetrazole rings is 1. The van der Waals surface area contributed by atoms with E-state index in [1.807, 2.05) is 29.8 Å². The maximum atomic E-state index is 13.1. The summed E-state index contributed by atoms with van der Waals surface area (Å²) in [7, 11) is 0. The second-order valence-corrected chi connectivity index (χ2v) is 10.4. The van der Waals surface area contributed by atoms with Crippen molar-refractivity contribution in [3.8, 4) is 0 Å². The molecule has 0 bridgehead atoms. The van der Waals surface area contributed by atoms with Crippen LogP contribution in [0.3, 0.4) is 0 Å². The van der Waals surface area contributed by atoms with E-state index in [-0.39, 0.29) is 17.1 Å². The average molecular weight is 473 g/mol. The summed E-state index contributed by atoms with van der Waals surface area (Å²) in [5, 5.41) is 13.8. The predicted octanol–water partition coefficient (Wildman–Crippen LogP) is 5.08. The molecule has 4 rings (SSSR count). The van der Waals surface area contributed by atoms with Crippen LogP contribution in [0.2, 0.25) is 0 Å². The van der Waals surface area contributed by atoms with E-state index in [0.717, 1.165) is 47.2 Å². The molecule has 1 atom stereocenters. The fraction of sp³-hybridized carbons (Fsp3) is 0.429. The number of benzene rings is 2. The van der Waals surface area contributed by atoms with Crippen LogP contribution in [0.5, 0.6) is 0 Å². The van der Waals surface area contributed by atoms with Crippen LogP contribution in [0.15, 0.2) is 53.3 Å². The Morgan fingerprint density at radius 1 is 1.09 bits per heavy atom. The first kappa shape index (κ1) is 24.8. The third-order valence-electron chi connectivity index (χ3n) is 6.56. The molecule has 0 aliphatic heterocycles. The van der Waals surface area contributed by atoms with E-state index >= 15 is 0 Å². The lowest BCUT2D eigenvalue weighted by Gasteiger charge is -2.32. The molecule has 184 valence electrons. The minimum atomic E-state index is -0.244. The van der Waals surface area contributed by atoms with Gasteiger partial charge in [-0.1, -0.05) is 55.0 Å². The third-order valence-corrected chi connectivity index (χ3v) is 6.56. The van der Waals surface area contributed by atoms with Gasteiger partial charge in [0.15, 0.2) is 5.82 Å². The van der Waals surface area contributed by atoms with Crippen LogP contribution in [0, 0.1) is 13.8 Å². The van der Waals surface area contributed by atoms with Crippen LogP contribution in [-0.2, 0) is 18.5 Å². The summed E-state index contributed by atoms with van der Waals surface area (Å²) in [5.41, 5.74) is 4.96. The lowest BCUT2D eigenvalue weighted by Crippen LogP contribution is -2.36. The number of pyridine rings is 1. The summed E-state index contributed by atoms with van der Waals surface area (Å²) in [4.78, 5) is 18.6. The van der Waals surface area contributed by atoms with E-state index in [2.05, 4.69) is 90.4 Å². The minimum Gasteiger partial charge on any atom is -0.321 e. The lowest BCUT2D eigenvalue weighted by atomic mass is 10.0. The molecule has 0 aliphatic carbocycles. The van der Waals surface area contributed by atoms with Gasteiger partial charge in [-0.3, -0.25) is 9.69 Å². The van der Waals surface area contributed by atoms with Crippen LogP contribution in [0.4, 0.5) is 0 Å². The molecule has 2 heterocycles. The highest BCUT2D eigenvalue weighted by Crippen LogP contribution is 2.28. The van der Waals surface area contributed by atoms with Crippen molar-refractivity contribution in [1.82, 2.24) is 30.1 Å². The number of rotatable bonds is 8. The summed E-state index contributed by atoms with van der Waals surface area (Å²) in [6.45, 7) is 13.9. The zero-order valence-electron chi connectivity index (χ0n) is 21.7. The van der Waals surface area contributed by atoms with Crippen molar-refractivity contribution in [2.45, 2.75) is 72.5 Å². The van der Waals surface area contributed by atoms with E-state index in [9.17, 15) is 4.79 Å². The number of para-hydroxylation sites is 1. The quantitative estimate of drug-likeness (QED) is 0.387. The molecule has 0 spiro atoms. The van der Waals surface area contributed by atoms with Gasteiger partial charge in [-0.15, -0.1) is 5.10 Å². The molecule has 7 heteroatoms. The molecule has 1 N–H and O–H groups in total. The number of nitrogens with zero attached hydrogens (tertiary/aromatic N) is 5. The van der Waals surface area contributed by atoms with Crippen molar-refractivity contribution in [3.05, 3.63) is 87.0 Å². The third kappa shape index (κ3) is 5.51. The predicted molar refractivity (Wildman–Crippen MR) is 140 cm³/mol. The van der Waals surface area contributed by atoms with Gasteiger partial charge in [-0.25, -0.2) is 4.68 Å². The van der Waals surface area contributed by atoms with E-state index < -0.39 is 0 Å². The van der Waals surface area contributed by atoms with Gasteiger partial charge in [0, 0.05) is 18.7 Å². The average Bonchev–Trinajstić information content (AvgIpc) is 3.29. The first-order chi connectivity index (χ1) is 16.7. The van der Waals surface area contributed by atoms with Gasteiger partial charge in [0.1, 0.15) is 0 Å². The van der Waals surface area contributed by atoms with E-state index in [1.54, 1.807) is 0 Å². The Labute approximate surface area is 207 Å². The standard InChI is InChI=1S/C28H36N6O/c1-7-24(26-30-31-32-34(26)28(4,5)6)33(15-14-21-12-8-10-19(2)16-21)18-23-17-22-13-9-11-20(3)25(22)29-27(23)35/h8-13,16-17,24H,7,14-15,18H2,1-6H3,(H,29,35). The maximum Gasteiger partial charge on any atom is 0.252 e. The Morgan fingerprint density at radius 3 is 2.57 bits per heavy atom. The van der Waals surface area contributed by atoms with Gasteiger partial charge >= 0.3 is 0 Å². The number of aryl methyl sites for hydroxylation is 2. The number of hydrogen-bond acceptors (Lipinski definition) is 5. The first-order valence-corrected chi connectivity index (χ1v) is 12.4. The van der Waals surface area contributed by atoms with Crippen molar-refractivity contribution in [2.24, 2.45) is 0 Å². The molecule has 0 radical (unpaired) electrons. The van der Waals surface area contributed by atoms with Crippen LogP contribution in [0.25, 0.3) is 10.9 Å². The number of fused-ring (bicyclic) bond motifs is 1. The molecule has 35 heavy (non-hydrogen) atoms.